The van der Waals surface area contributed by atoms with Gasteiger partial charge in [-0.25, -0.2) is 0 Å². The van der Waals surface area contributed by atoms with Gasteiger partial charge in [-0.15, -0.1) is 0 Å². The van der Waals surface area contributed by atoms with Crippen LogP contribution in [-0.4, -0.2) is 72.7 Å². The van der Waals surface area contributed by atoms with E-state index in [0.29, 0.717) is 39.3 Å². The number of halogens is 3. The number of benzene rings is 1. The summed E-state index contributed by atoms with van der Waals surface area (Å²) < 4.78 is 51.1. The van der Waals surface area contributed by atoms with Crippen molar-refractivity contribution in [2.75, 3.05) is 46.6 Å². The molecule has 34 heavy (non-hydrogen) atoms. The Morgan fingerprint density at radius 3 is 2.29 bits per heavy atom. The Hall–Kier alpha value is -2.85. The average Bonchev–Trinajstić information content (AvgIpc) is 3.21. The molecule has 0 bridgehead atoms. The number of aromatic nitrogens is 1. The predicted molar refractivity (Wildman–Crippen MR) is 121 cm³/mol. The molecule has 0 N–H and O–H groups in total. The number of hydrogen-bond acceptors (Lipinski definition) is 4. The van der Waals surface area contributed by atoms with Crippen LogP contribution >= 0.6 is 0 Å². The van der Waals surface area contributed by atoms with Crippen LogP contribution < -0.4 is 0 Å². The first-order valence-electron chi connectivity index (χ1n) is 11.1. The maximum Gasteiger partial charge on any atom is 0.416 e. The number of aryl methyl sites for hydroxylation is 1. The van der Waals surface area contributed by atoms with Crippen LogP contribution in [0.5, 0.6) is 0 Å². The van der Waals surface area contributed by atoms with E-state index >= 15 is 0 Å². The molecule has 0 unspecified atom stereocenters. The topological polar surface area (TPSA) is 64.0 Å². The smallest absolute Gasteiger partial charge is 0.383 e. The lowest BCUT2D eigenvalue weighted by Gasteiger charge is -2.28. The first-order chi connectivity index (χ1) is 16.2. The van der Waals surface area contributed by atoms with E-state index in [-0.39, 0.29) is 24.6 Å². The number of carbonyl (C=O) groups excluding carboxylic acids is 2. The third-order valence-corrected chi connectivity index (χ3v) is 5.32. The summed E-state index contributed by atoms with van der Waals surface area (Å²) in [5.41, 5.74) is 0.167. The highest BCUT2D eigenvalue weighted by Gasteiger charge is 2.30. The zero-order chi connectivity index (χ0) is 25.1. The fourth-order valence-electron chi connectivity index (χ4n) is 3.35. The fourth-order valence-corrected chi connectivity index (χ4v) is 3.35. The molecule has 1 aromatic heterocycles. The maximum atomic E-state index is 13.2. The Bertz CT molecular complexity index is 913. The Morgan fingerprint density at radius 2 is 1.74 bits per heavy atom. The van der Waals surface area contributed by atoms with Crippen molar-refractivity contribution < 1.29 is 32.2 Å². The van der Waals surface area contributed by atoms with Crippen LogP contribution in [0.3, 0.4) is 0 Å². The van der Waals surface area contributed by atoms with E-state index in [1.807, 2.05) is 36.9 Å². The standard InChI is InChI=1S/C24H32F3N3O4/c1-4-34-15-6-13-30(23(32)19-8-10-20(11-9-19)24(25,26)27)18-22(31)29(14-16-33-3)17-21-7-5-12-28(21)2/h5,7-12H,4,6,13-18H2,1-3H3. The van der Waals surface area contributed by atoms with Gasteiger partial charge in [0.25, 0.3) is 5.91 Å². The Labute approximate surface area is 198 Å². The number of ether oxygens (including phenoxy) is 2. The maximum absolute atomic E-state index is 13.2. The molecule has 2 amide bonds. The lowest BCUT2D eigenvalue weighted by molar-refractivity contribution is -0.137. The van der Waals surface area contributed by atoms with Gasteiger partial charge in [-0.2, -0.15) is 13.2 Å². The molecule has 2 aromatic rings. The van der Waals surface area contributed by atoms with Crippen molar-refractivity contribution in [3.8, 4) is 0 Å². The normalized spacial score (nSPS) is 11.5. The van der Waals surface area contributed by atoms with E-state index in [1.165, 1.54) is 4.90 Å². The summed E-state index contributed by atoms with van der Waals surface area (Å²) in [6, 6.07) is 7.79. The van der Waals surface area contributed by atoms with Crippen molar-refractivity contribution in [1.82, 2.24) is 14.4 Å². The van der Waals surface area contributed by atoms with Gasteiger partial charge in [-0.3, -0.25) is 9.59 Å². The SMILES string of the molecule is CCOCCCN(CC(=O)N(CCOC)Cc1cccn1C)C(=O)c1ccc(C(F)(F)F)cc1. The Kier molecular flexibility index (Phi) is 10.6. The summed E-state index contributed by atoms with van der Waals surface area (Å²) in [4.78, 5) is 29.3. The third kappa shape index (κ3) is 8.18. The quantitative estimate of drug-likeness (QED) is 0.409. The first kappa shape index (κ1) is 27.4. The molecule has 0 aliphatic carbocycles. The zero-order valence-corrected chi connectivity index (χ0v) is 19.8. The predicted octanol–water partition coefficient (Wildman–Crippen LogP) is 3.59. The summed E-state index contributed by atoms with van der Waals surface area (Å²) >= 11 is 0. The summed E-state index contributed by atoms with van der Waals surface area (Å²) in [5.74, 6) is -0.793. The van der Waals surface area contributed by atoms with Crippen LogP contribution in [0.25, 0.3) is 0 Å². The van der Waals surface area contributed by atoms with E-state index < -0.39 is 17.6 Å². The third-order valence-electron chi connectivity index (χ3n) is 5.32. The summed E-state index contributed by atoms with van der Waals surface area (Å²) in [5, 5.41) is 0. The molecule has 0 aliphatic rings. The van der Waals surface area contributed by atoms with Crippen molar-refractivity contribution in [1.29, 1.82) is 0 Å². The molecule has 0 spiro atoms. The molecular weight excluding hydrogens is 451 g/mol. The van der Waals surface area contributed by atoms with Crippen molar-refractivity contribution in [3.05, 3.63) is 59.4 Å². The number of nitrogens with zero attached hydrogens (tertiary/aromatic N) is 3. The second-order valence-electron chi connectivity index (χ2n) is 7.77. The molecule has 0 fully saturated rings. The molecule has 0 atom stereocenters. The Balaban J connectivity index is 2.19. The molecule has 0 aliphatic heterocycles. The summed E-state index contributed by atoms with van der Waals surface area (Å²) in [6.45, 7) is 3.80. The van der Waals surface area contributed by atoms with Gasteiger partial charge in [0, 0.05) is 57.9 Å². The first-order valence-corrected chi connectivity index (χ1v) is 11.1. The van der Waals surface area contributed by atoms with Gasteiger partial charge in [0.2, 0.25) is 5.91 Å². The number of alkyl halides is 3. The van der Waals surface area contributed by atoms with Crippen LogP contribution in [0.4, 0.5) is 13.2 Å². The van der Waals surface area contributed by atoms with E-state index in [4.69, 9.17) is 9.47 Å². The van der Waals surface area contributed by atoms with Crippen LogP contribution in [-0.2, 0) is 34.0 Å². The second-order valence-corrected chi connectivity index (χ2v) is 7.77. The molecule has 1 aromatic carbocycles. The molecule has 0 saturated heterocycles. The van der Waals surface area contributed by atoms with Gasteiger partial charge < -0.3 is 23.8 Å². The number of carbonyl (C=O) groups is 2. The lowest BCUT2D eigenvalue weighted by Crippen LogP contribution is -2.44. The monoisotopic (exact) mass is 483 g/mol. The van der Waals surface area contributed by atoms with Gasteiger partial charge in [0.15, 0.2) is 0 Å². The van der Waals surface area contributed by atoms with Crippen molar-refractivity contribution in [2.45, 2.75) is 26.1 Å². The number of hydrogen-bond donors (Lipinski definition) is 0. The number of amides is 2. The fraction of sp³-hybridized carbons (Fsp3) is 0.500. The van der Waals surface area contributed by atoms with Crippen molar-refractivity contribution in [2.24, 2.45) is 7.05 Å². The van der Waals surface area contributed by atoms with Crippen LogP contribution in [0.1, 0.15) is 35.0 Å². The zero-order valence-electron chi connectivity index (χ0n) is 19.8. The molecule has 0 radical (unpaired) electrons. The second kappa shape index (κ2) is 13.1. The molecule has 10 heteroatoms. The van der Waals surface area contributed by atoms with Crippen molar-refractivity contribution >= 4 is 11.8 Å². The minimum absolute atomic E-state index is 0.0862. The molecule has 0 saturated carbocycles. The highest BCUT2D eigenvalue weighted by molar-refractivity contribution is 5.96. The number of rotatable bonds is 13. The van der Waals surface area contributed by atoms with Gasteiger partial charge in [-0.1, -0.05) is 0 Å². The van der Waals surface area contributed by atoms with Crippen molar-refractivity contribution in [3.63, 3.8) is 0 Å². The van der Waals surface area contributed by atoms with Gasteiger partial charge in [0.05, 0.1) is 18.7 Å². The van der Waals surface area contributed by atoms with Crippen LogP contribution in [0.15, 0.2) is 42.6 Å². The number of methoxy groups -OCH3 is 1. The van der Waals surface area contributed by atoms with E-state index in [2.05, 4.69) is 0 Å². The molecule has 7 nitrogen and oxygen atoms in total. The summed E-state index contributed by atoms with van der Waals surface area (Å²) in [6.07, 6.45) is -2.13. The Morgan fingerprint density at radius 1 is 1.03 bits per heavy atom. The molecule has 188 valence electrons. The lowest BCUT2D eigenvalue weighted by atomic mass is 10.1. The average molecular weight is 484 g/mol. The molecule has 1 heterocycles. The van der Waals surface area contributed by atoms with Crippen LogP contribution in [0, 0.1) is 0 Å². The highest BCUT2D eigenvalue weighted by atomic mass is 19.4. The van der Waals surface area contributed by atoms with E-state index in [0.717, 1.165) is 30.0 Å². The van der Waals surface area contributed by atoms with Gasteiger partial charge >= 0.3 is 6.18 Å². The molecule has 2 rings (SSSR count). The van der Waals surface area contributed by atoms with Gasteiger partial charge in [-0.05, 0) is 49.7 Å². The minimum atomic E-state index is -4.49. The molecular formula is C24H32F3N3O4. The van der Waals surface area contributed by atoms with Gasteiger partial charge in [0.1, 0.15) is 6.54 Å². The largest absolute Gasteiger partial charge is 0.416 e. The van der Waals surface area contributed by atoms with Crippen LogP contribution in [0.2, 0.25) is 0 Å². The van der Waals surface area contributed by atoms with E-state index in [9.17, 15) is 22.8 Å². The highest BCUT2D eigenvalue weighted by Crippen LogP contribution is 2.29. The summed E-state index contributed by atoms with van der Waals surface area (Å²) in [7, 11) is 3.42. The van der Waals surface area contributed by atoms with E-state index in [1.54, 1.807) is 12.0 Å². The minimum Gasteiger partial charge on any atom is -0.383 e.